The molecule has 25 heavy (non-hydrogen) atoms. The summed E-state index contributed by atoms with van der Waals surface area (Å²) in [6, 6.07) is 9.71. The van der Waals surface area contributed by atoms with E-state index in [1.807, 2.05) is 44.2 Å². The molecule has 0 aliphatic heterocycles. The van der Waals surface area contributed by atoms with Crippen molar-refractivity contribution in [3.05, 3.63) is 59.7 Å². The van der Waals surface area contributed by atoms with Crippen molar-refractivity contribution in [1.82, 2.24) is 15.1 Å². The van der Waals surface area contributed by atoms with Gasteiger partial charge in [-0.1, -0.05) is 17.3 Å². The summed E-state index contributed by atoms with van der Waals surface area (Å²) in [4.78, 5) is 20.5. The molecule has 0 fully saturated rings. The van der Waals surface area contributed by atoms with Gasteiger partial charge < -0.3 is 9.84 Å². The third-order valence-corrected chi connectivity index (χ3v) is 3.85. The Labute approximate surface area is 146 Å². The Morgan fingerprint density at radius 1 is 1.24 bits per heavy atom. The summed E-state index contributed by atoms with van der Waals surface area (Å²) >= 11 is 0. The Kier molecular flexibility index (Phi) is 5.18. The molecule has 1 aromatic carbocycles. The van der Waals surface area contributed by atoms with Gasteiger partial charge in [0.05, 0.1) is 0 Å². The minimum atomic E-state index is -0.0132. The molecule has 1 amide bonds. The molecule has 0 unspecified atom stereocenters. The maximum atomic E-state index is 12.1. The Bertz CT molecular complexity index is 859. The molecule has 3 aromatic rings. The van der Waals surface area contributed by atoms with Crippen LogP contribution in [0, 0.1) is 13.8 Å². The highest BCUT2D eigenvalue weighted by atomic mass is 16.5. The summed E-state index contributed by atoms with van der Waals surface area (Å²) in [5.41, 5.74) is 3.85. The van der Waals surface area contributed by atoms with E-state index in [0.717, 1.165) is 22.4 Å². The Balaban J connectivity index is 1.50. The first-order chi connectivity index (χ1) is 12.1. The van der Waals surface area contributed by atoms with Crippen LogP contribution < -0.4 is 5.32 Å². The molecule has 0 spiro atoms. The number of amides is 1. The van der Waals surface area contributed by atoms with Gasteiger partial charge in [-0.3, -0.25) is 9.78 Å². The van der Waals surface area contributed by atoms with Crippen LogP contribution in [0.3, 0.4) is 0 Å². The summed E-state index contributed by atoms with van der Waals surface area (Å²) in [5.74, 6) is 1.03. The van der Waals surface area contributed by atoms with Crippen molar-refractivity contribution in [3.63, 3.8) is 0 Å². The lowest BCUT2D eigenvalue weighted by Crippen LogP contribution is -2.12. The van der Waals surface area contributed by atoms with E-state index < -0.39 is 0 Å². The normalized spacial score (nSPS) is 10.6. The Morgan fingerprint density at radius 3 is 2.92 bits per heavy atom. The smallest absolute Gasteiger partial charge is 0.226 e. The van der Waals surface area contributed by atoms with Crippen molar-refractivity contribution < 1.29 is 9.32 Å². The van der Waals surface area contributed by atoms with E-state index in [9.17, 15) is 4.79 Å². The van der Waals surface area contributed by atoms with Gasteiger partial charge in [0, 0.05) is 36.5 Å². The van der Waals surface area contributed by atoms with Crippen LogP contribution in [-0.2, 0) is 11.2 Å². The fourth-order valence-corrected chi connectivity index (χ4v) is 2.45. The van der Waals surface area contributed by atoms with Gasteiger partial charge in [-0.15, -0.1) is 0 Å². The number of hydrogen-bond acceptors (Lipinski definition) is 5. The van der Waals surface area contributed by atoms with Crippen molar-refractivity contribution >= 4 is 11.6 Å². The lowest BCUT2D eigenvalue weighted by molar-refractivity contribution is -0.116. The molecule has 6 heteroatoms. The molecule has 1 N–H and O–H groups in total. The van der Waals surface area contributed by atoms with Gasteiger partial charge in [0.15, 0.2) is 0 Å². The molecule has 0 aliphatic rings. The van der Waals surface area contributed by atoms with Crippen LogP contribution in [0.2, 0.25) is 0 Å². The number of pyridine rings is 1. The van der Waals surface area contributed by atoms with E-state index in [2.05, 4.69) is 20.4 Å². The Morgan fingerprint density at radius 2 is 2.12 bits per heavy atom. The highest BCUT2D eigenvalue weighted by Gasteiger charge is 2.10. The van der Waals surface area contributed by atoms with Crippen LogP contribution in [0.15, 0.2) is 47.2 Å². The molecule has 2 heterocycles. The van der Waals surface area contributed by atoms with Crippen LogP contribution in [-0.4, -0.2) is 21.0 Å². The monoisotopic (exact) mass is 336 g/mol. The number of anilines is 1. The van der Waals surface area contributed by atoms with E-state index in [4.69, 9.17) is 4.52 Å². The average molecular weight is 336 g/mol. The third kappa shape index (κ3) is 4.50. The molecule has 6 nitrogen and oxygen atoms in total. The summed E-state index contributed by atoms with van der Waals surface area (Å²) < 4.78 is 5.23. The topological polar surface area (TPSA) is 80.9 Å². The number of nitrogens with zero attached hydrogens (tertiary/aromatic N) is 3. The predicted octanol–water partition coefficient (Wildman–Crippen LogP) is 3.71. The van der Waals surface area contributed by atoms with Crippen molar-refractivity contribution in [2.75, 3.05) is 5.32 Å². The maximum Gasteiger partial charge on any atom is 0.226 e. The predicted molar refractivity (Wildman–Crippen MR) is 95.0 cm³/mol. The second-order valence-electron chi connectivity index (χ2n) is 5.97. The average Bonchev–Trinajstić information content (AvgIpc) is 3.08. The van der Waals surface area contributed by atoms with Crippen molar-refractivity contribution in [1.29, 1.82) is 0 Å². The zero-order chi connectivity index (χ0) is 17.6. The van der Waals surface area contributed by atoms with Gasteiger partial charge in [-0.25, -0.2) is 0 Å². The fourth-order valence-electron chi connectivity index (χ4n) is 2.45. The molecule has 0 bridgehead atoms. The number of carbonyl (C=O) groups excluding carboxylic acids is 1. The van der Waals surface area contributed by atoms with Crippen molar-refractivity contribution in [3.8, 4) is 11.4 Å². The first-order valence-electron chi connectivity index (χ1n) is 8.22. The molecular weight excluding hydrogens is 316 g/mol. The lowest BCUT2D eigenvalue weighted by atomic mass is 10.1. The summed E-state index contributed by atoms with van der Waals surface area (Å²) in [5, 5.41) is 6.90. The Hall–Kier alpha value is -3.02. The molecule has 0 saturated heterocycles. The number of nitrogens with one attached hydrogen (secondary N) is 1. The van der Waals surface area contributed by atoms with Gasteiger partial charge in [0.25, 0.3) is 0 Å². The quantitative estimate of drug-likeness (QED) is 0.742. The van der Waals surface area contributed by atoms with Gasteiger partial charge in [0.1, 0.15) is 0 Å². The van der Waals surface area contributed by atoms with Gasteiger partial charge in [-0.05, 0) is 49.6 Å². The minimum absolute atomic E-state index is 0.0132. The molecule has 0 atom stereocenters. The van der Waals surface area contributed by atoms with E-state index in [1.54, 1.807) is 12.4 Å². The zero-order valence-electron chi connectivity index (χ0n) is 14.3. The van der Waals surface area contributed by atoms with E-state index in [1.165, 1.54) is 0 Å². The van der Waals surface area contributed by atoms with Crippen LogP contribution in [0.4, 0.5) is 5.69 Å². The van der Waals surface area contributed by atoms with Gasteiger partial charge >= 0.3 is 0 Å². The van der Waals surface area contributed by atoms with Crippen LogP contribution in [0.1, 0.15) is 29.9 Å². The first-order valence-corrected chi connectivity index (χ1v) is 8.22. The summed E-state index contributed by atoms with van der Waals surface area (Å²) in [6.45, 7) is 3.98. The van der Waals surface area contributed by atoms with Gasteiger partial charge in [0.2, 0.25) is 17.6 Å². The SMILES string of the molecule is Cc1ccc(C)c(NC(=O)CCCc2nc(-c3cccnc3)no2)c1. The molecule has 3 rings (SSSR count). The number of benzene rings is 1. The fraction of sp³-hybridized carbons (Fsp3) is 0.263. The van der Waals surface area contributed by atoms with Gasteiger partial charge in [-0.2, -0.15) is 4.98 Å². The number of carbonyl (C=O) groups is 1. The van der Waals surface area contributed by atoms with E-state index in [0.29, 0.717) is 31.0 Å². The summed E-state index contributed by atoms with van der Waals surface area (Å²) in [6.07, 6.45) is 4.99. The number of aryl methyl sites for hydroxylation is 3. The zero-order valence-corrected chi connectivity index (χ0v) is 14.3. The van der Waals surface area contributed by atoms with Crippen molar-refractivity contribution in [2.45, 2.75) is 33.1 Å². The molecule has 0 radical (unpaired) electrons. The molecule has 2 aromatic heterocycles. The molecule has 0 aliphatic carbocycles. The second-order valence-corrected chi connectivity index (χ2v) is 5.97. The molecule has 0 saturated carbocycles. The molecular formula is C19H20N4O2. The lowest BCUT2D eigenvalue weighted by Gasteiger charge is -2.08. The second kappa shape index (κ2) is 7.70. The van der Waals surface area contributed by atoms with E-state index in [-0.39, 0.29) is 5.91 Å². The van der Waals surface area contributed by atoms with E-state index >= 15 is 0 Å². The molecule has 128 valence electrons. The third-order valence-electron chi connectivity index (χ3n) is 3.85. The maximum absolute atomic E-state index is 12.1. The van der Waals surface area contributed by atoms with Crippen molar-refractivity contribution in [2.24, 2.45) is 0 Å². The standard InChI is InChI=1S/C19H20N4O2/c1-13-8-9-14(2)16(11-13)21-17(24)6-3-7-18-22-19(23-25-18)15-5-4-10-20-12-15/h4-5,8-12H,3,6-7H2,1-2H3,(H,21,24). The largest absolute Gasteiger partial charge is 0.339 e. The number of hydrogen-bond donors (Lipinski definition) is 1. The highest BCUT2D eigenvalue weighted by Crippen LogP contribution is 2.17. The number of rotatable bonds is 6. The highest BCUT2D eigenvalue weighted by molar-refractivity contribution is 5.91. The van der Waals surface area contributed by atoms with Crippen LogP contribution in [0.25, 0.3) is 11.4 Å². The van der Waals surface area contributed by atoms with Crippen LogP contribution >= 0.6 is 0 Å². The number of aromatic nitrogens is 3. The first kappa shape index (κ1) is 16.8. The minimum Gasteiger partial charge on any atom is -0.339 e. The van der Waals surface area contributed by atoms with Crippen LogP contribution in [0.5, 0.6) is 0 Å². The summed E-state index contributed by atoms with van der Waals surface area (Å²) in [7, 11) is 0.